The highest BCUT2D eigenvalue weighted by Crippen LogP contribution is 2.30. The lowest BCUT2D eigenvalue weighted by Gasteiger charge is -2.16. The number of anilines is 1. The molecular formula is C12H18BrNO. The number of rotatable bonds is 4. The number of hydrogen-bond donors (Lipinski definition) is 1. The predicted octanol–water partition coefficient (Wildman–Crippen LogP) is 3.91. The lowest BCUT2D eigenvalue weighted by Crippen LogP contribution is -2.11. The highest BCUT2D eigenvalue weighted by atomic mass is 79.9. The number of benzene rings is 1. The van der Waals surface area contributed by atoms with Crippen LogP contribution in [0, 0.1) is 6.92 Å². The second-order valence-electron chi connectivity index (χ2n) is 3.86. The average Bonchev–Trinajstić information content (AvgIpc) is 2.14. The summed E-state index contributed by atoms with van der Waals surface area (Å²) in [7, 11) is 0. The van der Waals surface area contributed by atoms with Crippen LogP contribution < -0.4 is 10.5 Å². The Labute approximate surface area is 99.9 Å². The van der Waals surface area contributed by atoms with Gasteiger partial charge >= 0.3 is 0 Å². The van der Waals surface area contributed by atoms with Crippen molar-refractivity contribution >= 4 is 21.6 Å². The lowest BCUT2D eigenvalue weighted by atomic mass is 10.2. The van der Waals surface area contributed by atoms with E-state index < -0.39 is 0 Å². The van der Waals surface area contributed by atoms with Gasteiger partial charge in [-0.3, -0.25) is 0 Å². The number of ether oxygens (including phenoxy) is 1. The highest BCUT2D eigenvalue weighted by Gasteiger charge is 2.08. The van der Waals surface area contributed by atoms with Gasteiger partial charge in [0, 0.05) is 5.69 Å². The van der Waals surface area contributed by atoms with Gasteiger partial charge in [0.2, 0.25) is 0 Å². The first-order valence-corrected chi connectivity index (χ1v) is 6.06. The topological polar surface area (TPSA) is 35.2 Å². The molecule has 1 atom stereocenters. The molecule has 0 bridgehead atoms. The van der Waals surface area contributed by atoms with Crippen molar-refractivity contribution in [2.24, 2.45) is 0 Å². The summed E-state index contributed by atoms with van der Waals surface area (Å²) in [5.41, 5.74) is 7.64. The molecule has 0 saturated carbocycles. The van der Waals surface area contributed by atoms with Crippen molar-refractivity contribution in [3.63, 3.8) is 0 Å². The molecule has 0 aliphatic rings. The Bertz CT molecular complexity index is 339. The lowest BCUT2D eigenvalue weighted by molar-refractivity contribution is 0.208. The van der Waals surface area contributed by atoms with Crippen LogP contribution in [0.2, 0.25) is 0 Å². The van der Waals surface area contributed by atoms with Crippen molar-refractivity contribution in [3.05, 3.63) is 22.2 Å². The number of aryl methyl sites for hydroxylation is 1. The fourth-order valence-electron chi connectivity index (χ4n) is 1.44. The first kappa shape index (κ1) is 12.4. The summed E-state index contributed by atoms with van der Waals surface area (Å²) in [6.07, 6.45) is 2.44. The Hall–Kier alpha value is -0.700. The van der Waals surface area contributed by atoms with Crippen molar-refractivity contribution in [3.8, 4) is 5.75 Å². The summed E-state index contributed by atoms with van der Waals surface area (Å²) >= 11 is 3.46. The van der Waals surface area contributed by atoms with Crippen LogP contribution in [0.25, 0.3) is 0 Å². The molecule has 0 amide bonds. The fourth-order valence-corrected chi connectivity index (χ4v) is 1.90. The third-order valence-electron chi connectivity index (χ3n) is 2.34. The molecule has 84 valence electrons. The summed E-state index contributed by atoms with van der Waals surface area (Å²) in [5.74, 6) is 0.877. The van der Waals surface area contributed by atoms with Crippen LogP contribution in [0.15, 0.2) is 16.6 Å². The van der Waals surface area contributed by atoms with Crippen LogP contribution in [-0.4, -0.2) is 6.10 Å². The summed E-state index contributed by atoms with van der Waals surface area (Å²) in [6.45, 7) is 6.23. The third kappa shape index (κ3) is 3.42. The minimum atomic E-state index is 0.245. The number of hydrogen-bond acceptors (Lipinski definition) is 2. The van der Waals surface area contributed by atoms with E-state index in [1.54, 1.807) is 0 Å². The summed E-state index contributed by atoms with van der Waals surface area (Å²) in [5, 5.41) is 0. The molecule has 2 N–H and O–H groups in total. The Morgan fingerprint density at radius 3 is 2.73 bits per heavy atom. The summed E-state index contributed by atoms with van der Waals surface area (Å²) in [4.78, 5) is 0. The smallest absolute Gasteiger partial charge is 0.134 e. The molecule has 0 radical (unpaired) electrons. The van der Waals surface area contributed by atoms with Gasteiger partial charge in [-0.2, -0.15) is 0 Å². The van der Waals surface area contributed by atoms with Gasteiger partial charge < -0.3 is 10.5 Å². The average molecular weight is 272 g/mol. The maximum atomic E-state index is 5.82. The zero-order valence-corrected chi connectivity index (χ0v) is 11.1. The van der Waals surface area contributed by atoms with Gasteiger partial charge in [-0.15, -0.1) is 0 Å². The predicted molar refractivity (Wildman–Crippen MR) is 68.3 cm³/mol. The monoisotopic (exact) mass is 271 g/mol. The van der Waals surface area contributed by atoms with E-state index in [1.807, 2.05) is 19.1 Å². The zero-order chi connectivity index (χ0) is 11.4. The minimum absolute atomic E-state index is 0.245. The SMILES string of the molecule is CCCC(C)Oc1cc(C)c(N)cc1Br. The molecular weight excluding hydrogens is 254 g/mol. The fraction of sp³-hybridized carbons (Fsp3) is 0.500. The van der Waals surface area contributed by atoms with Crippen LogP contribution in [-0.2, 0) is 0 Å². The molecule has 0 aliphatic carbocycles. The van der Waals surface area contributed by atoms with E-state index in [0.29, 0.717) is 0 Å². The van der Waals surface area contributed by atoms with Crippen molar-refractivity contribution in [1.29, 1.82) is 0 Å². The first-order chi connectivity index (χ1) is 7.04. The number of nitrogen functional groups attached to an aromatic ring is 1. The number of nitrogens with two attached hydrogens (primary N) is 1. The largest absolute Gasteiger partial charge is 0.490 e. The molecule has 0 saturated heterocycles. The van der Waals surface area contributed by atoms with Crippen LogP contribution in [0.1, 0.15) is 32.3 Å². The van der Waals surface area contributed by atoms with E-state index in [1.165, 1.54) is 0 Å². The molecule has 0 aromatic heterocycles. The molecule has 0 fully saturated rings. The van der Waals surface area contributed by atoms with Gasteiger partial charge in [-0.25, -0.2) is 0 Å². The molecule has 1 aromatic carbocycles. The molecule has 0 spiro atoms. The van der Waals surface area contributed by atoms with Gasteiger partial charge in [0.1, 0.15) is 5.75 Å². The normalized spacial score (nSPS) is 12.5. The van der Waals surface area contributed by atoms with Gasteiger partial charge in [0.05, 0.1) is 10.6 Å². The van der Waals surface area contributed by atoms with Gasteiger partial charge in [0.25, 0.3) is 0 Å². The highest BCUT2D eigenvalue weighted by molar-refractivity contribution is 9.10. The molecule has 0 aliphatic heterocycles. The van der Waals surface area contributed by atoms with E-state index in [4.69, 9.17) is 10.5 Å². The Morgan fingerprint density at radius 2 is 2.13 bits per heavy atom. The zero-order valence-electron chi connectivity index (χ0n) is 9.51. The Kier molecular flexibility index (Phi) is 4.45. The molecule has 15 heavy (non-hydrogen) atoms. The van der Waals surface area contributed by atoms with E-state index >= 15 is 0 Å². The van der Waals surface area contributed by atoms with E-state index in [2.05, 4.69) is 29.8 Å². The molecule has 1 rings (SSSR count). The van der Waals surface area contributed by atoms with E-state index in [9.17, 15) is 0 Å². The molecule has 2 nitrogen and oxygen atoms in total. The van der Waals surface area contributed by atoms with Crippen LogP contribution >= 0.6 is 15.9 Å². The number of halogens is 1. The van der Waals surface area contributed by atoms with E-state index in [0.717, 1.165) is 34.3 Å². The second-order valence-corrected chi connectivity index (χ2v) is 4.71. The Morgan fingerprint density at radius 1 is 1.47 bits per heavy atom. The maximum absolute atomic E-state index is 5.82. The summed E-state index contributed by atoms with van der Waals surface area (Å²) in [6, 6.07) is 3.87. The second kappa shape index (κ2) is 5.40. The molecule has 0 heterocycles. The first-order valence-electron chi connectivity index (χ1n) is 5.26. The van der Waals surface area contributed by atoms with Gasteiger partial charge in [-0.05, 0) is 53.9 Å². The Balaban J connectivity index is 2.81. The summed E-state index contributed by atoms with van der Waals surface area (Å²) < 4.78 is 6.74. The maximum Gasteiger partial charge on any atom is 0.134 e. The van der Waals surface area contributed by atoms with Crippen molar-refractivity contribution in [2.45, 2.75) is 39.7 Å². The molecule has 3 heteroatoms. The van der Waals surface area contributed by atoms with Crippen molar-refractivity contribution in [2.75, 3.05) is 5.73 Å². The van der Waals surface area contributed by atoms with Crippen LogP contribution in [0.4, 0.5) is 5.69 Å². The molecule has 1 unspecified atom stereocenters. The van der Waals surface area contributed by atoms with Crippen molar-refractivity contribution in [1.82, 2.24) is 0 Å². The van der Waals surface area contributed by atoms with E-state index in [-0.39, 0.29) is 6.10 Å². The van der Waals surface area contributed by atoms with Gasteiger partial charge in [-0.1, -0.05) is 13.3 Å². The van der Waals surface area contributed by atoms with Crippen LogP contribution in [0.3, 0.4) is 0 Å². The van der Waals surface area contributed by atoms with Crippen LogP contribution in [0.5, 0.6) is 5.75 Å². The van der Waals surface area contributed by atoms with Crippen molar-refractivity contribution < 1.29 is 4.74 Å². The third-order valence-corrected chi connectivity index (χ3v) is 2.96. The quantitative estimate of drug-likeness (QED) is 0.843. The minimum Gasteiger partial charge on any atom is -0.490 e. The molecule has 1 aromatic rings. The standard InChI is InChI=1S/C12H18BrNO/c1-4-5-9(3)15-12-6-8(2)11(14)7-10(12)13/h6-7,9H,4-5,14H2,1-3H3. The van der Waals surface area contributed by atoms with Gasteiger partial charge in [0.15, 0.2) is 0 Å².